The van der Waals surface area contributed by atoms with Crippen LogP contribution in [0.1, 0.15) is 6.92 Å². The summed E-state index contributed by atoms with van der Waals surface area (Å²) < 4.78 is 0. The van der Waals surface area contributed by atoms with Crippen LogP contribution in [0.3, 0.4) is 0 Å². The number of nitro groups is 1. The number of hydrogen-bond donors (Lipinski definition) is 1. The Balaban J connectivity index is 2.55. The van der Waals surface area contributed by atoms with Crippen LogP contribution >= 0.6 is 11.8 Å². The fraction of sp³-hybridized carbons (Fsp3) is 0.571. The number of rotatable bonds is 4. The van der Waals surface area contributed by atoms with Crippen LogP contribution in [0.15, 0.2) is 16.7 Å². The summed E-state index contributed by atoms with van der Waals surface area (Å²) in [6.45, 7) is 3.45. The van der Waals surface area contributed by atoms with E-state index < -0.39 is 5.03 Å². The molecule has 0 aromatic rings. The molecule has 14 heavy (non-hydrogen) atoms. The van der Waals surface area contributed by atoms with Crippen LogP contribution < -0.4 is 5.32 Å². The molecule has 0 unspecified atom stereocenters. The monoisotopic (exact) mass is 216 g/mol. The SMILES string of the molecule is CCSC=CN1CCNC1=N[N+](=O)[O-]. The van der Waals surface area contributed by atoms with E-state index in [1.165, 1.54) is 0 Å². The molecule has 1 fully saturated rings. The molecule has 78 valence electrons. The van der Waals surface area contributed by atoms with E-state index in [1.807, 2.05) is 12.3 Å². The lowest BCUT2D eigenvalue weighted by Gasteiger charge is -2.07. The first-order valence-electron chi connectivity index (χ1n) is 4.26. The van der Waals surface area contributed by atoms with E-state index in [1.54, 1.807) is 22.9 Å². The summed E-state index contributed by atoms with van der Waals surface area (Å²) in [4.78, 5) is 11.9. The first kappa shape index (κ1) is 10.8. The molecule has 1 rings (SSSR count). The average molecular weight is 216 g/mol. The van der Waals surface area contributed by atoms with Crippen molar-refractivity contribution in [1.82, 2.24) is 10.2 Å². The van der Waals surface area contributed by atoms with Gasteiger partial charge < -0.3 is 10.2 Å². The van der Waals surface area contributed by atoms with Crippen LogP contribution in [0, 0.1) is 10.1 Å². The topological polar surface area (TPSA) is 70.8 Å². The molecule has 0 atom stereocenters. The van der Waals surface area contributed by atoms with E-state index in [2.05, 4.69) is 10.4 Å². The molecular formula is C7H12N4O2S. The number of guanidine groups is 1. The Morgan fingerprint density at radius 1 is 1.86 bits per heavy atom. The Kier molecular flexibility index (Phi) is 4.24. The first-order chi connectivity index (χ1) is 6.74. The summed E-state index contributed by atoms with van der Waals surface area (Å²) in [5.74, 6) is 1.29. The van der Waals surface area contributed by atoms with Gasteiger partial charge in [0.05, 0.1) is 0 Å². The Morgan fingerprint density at radius 2 is 2.64 bits per heavy atom. The van der Waals surface area contributed by atoms with Crippen molar-refractivity contribution in [2.75, 3.05) is 18.8 Å². The van der Waals surface area contributed by atoms with Crippen LogP contribution in [-0.4, -0.2) is 34.7 Å². The molecule has 0 spiro atoms. The highest BCUT2D eigenvalue weighted by molar-refractivity contribution is 8.02. The van der Waals surface area contributed by atoms with Gasteiger partial charge in [-0.3, -0.25) is 0 Å². The van der Waals surface area contributed by atoms with Gasteiger partial charge in [0.1, 0.15) is 5.10 Å². The predicted molar refractivity (Wildman–Crippen MR) is 56.4 cm³/mol. The molecule has 1 heterocycles. The quantitative estimate of drug-likeness (QED) is 0.552. The molecule has 0 saturated carbocycles. The molecular weight excluding hydrogens is 204 g/mol. The minimum absolute atomic E-state index is 0.308. The van der Waals surface area contributed by atoms with Crippen molar-refractivity contribution >= 4 is 17.7 Å². The number of hydrazone groups is 1. The second-order valence-electron chi connectivity index (χ2n) is 2.52. The van der Waals surface area contributed by atoms with E-state index in [0.29, 0.717) is 19.0 Å². The number of nitrogens with zero attached hydrogens (tertiary/aromatic N) is 3. The van der Waals surface area contributed by atoms with E-state index in [4.69, 9.17) is 0 Å². The molecule has 1 N–H and O–H groups in total. The smallest absolute Gasteiger partial charge is 0.275 e. The highest BCUT2D eigenvalue weighted by atomic mass is 32.2. The lowest BCUT2D eigenvalue weighted by Crippen LogP contribution is -2.26. The fourth-order valence-corrected chi connectivity index (χ4v) is 1.45. The van der Waals surface area contributed by atoms with Crippen molar-refractivity contribution in [2.24, 2.45) is 5.10 Å². The Labute approximate surface area is 86.2 Å². The van der Waals surface area contributed by atoms with Crippen molar-refractivity contribution < 1.29 is 5.03 Å². The maximum Gasteiger partial charge on any atom is 0.275 e. The molecule has 7 heteroatoms. The molecule has 0 aliphatic carbocycles. The van der Waals surface area contributed by atoms with Gasteiger partial charge in [-0.1, -0.05) is 6.92 Å². The van der Waals surface area contributed by atoms with Crippen LogP contribution in [0.2, 0.25) is 0 Å². The Bertz CT molecular complexity index is 266. The maximum absolute atomic E-state index is 10.2. The summed E-state index contributed by atoms with van der Waals surface area (Å²) in [6, 6.07) is 0. The maximum atomic E-state index is 10.2. The number of hydrogen-bond acceptors (Lipinski definition) is 3. The van der Waals surface area contributed by atoms with Gasteiger partial charge >= 0.3 is 0 Å². The lowest BCUT2D eigenvalue weighted by atomic mass is 10.6. The standard InChI is InChI=1S/C7H12N4O2S/c1-2-14-6-5-10-4-3-8-7(10)9-11(12)13/h5-6H,2-4H2,1H3,(H,8,9). The Morgan fingerprint density at radius 3 is 3.29 bits per heavy atom. The highest BCUT2D eigenvalue weighted by Crippen LogP contribution is 2.04. The van der Waals surface area contributed by atoms with Crippen molar-refractivity contribution in [1.29, 1.82) is 0 Å². The van der Waals surface area contributed by atoms with Gasteiger partial charge in [0.25, 0.3) is 5.96 Å². The molecule has 0 bridgehead atoms. The molecule has 1 aliphatic heterocycles. The zero-order valence-corrected chi connectivity index (χ0v) is 8.66. The second kappa shape index (κ2) is 5.48. The van der Waals surface area contributed by atoms with Crippen LogP contribution in [0.5, 0.6) is 0 Å². The lowest BCUT2D eigenvalue weighted by molar-refractivity contribution is -0.485. The van der Waals surface area contributed by atoms with Gasteiger partial charge in [-0.05, 0) is 11.2 Å². The summed E-state index contributed by atoms with van der Waals surface area (Å²) in [7, 11) is 0. The van der Waals surface area contributed by atoms with Gasteiger partial charge in [-0.15, -0.1) is 11.8 Å². The van der Waals surface area contributed by atoms with Crippen molar-refractivity contribution in [3.05, 3.63) is 21.7 Å². The predicted octanol–water partition coefficient (Wildman–Crippen LogP) is 0.664. The van der Waals surface area contributed by atoms with Gasteiger partial charge in [-0.2, -0.15) is 0 Å². The number of nitrogens with one attached hydrogen (secondary N) is 1. The average Bonchev–Trinajstić information content (AvgIpc) is 2.52. The molecule has 0 radical (unpaired) electrons. The fourth-order valence-electron chi connectivity index (χ4n) is 1.02. The van der Waals surface area contributed by atoms with E-state index >= 15 is 0 Å². The highest BCUT2D eigenvalue weighted by Gasteiger charge is 2.18. The normalized spacial score (nSPS) is 19.2. The summed E-state index contributed by atoms with van der Waals surface area (Å²) in [5.41, 5.74) is 0. The van der Waals surface area contributed by atoms with Gasteiger partial charge in [0, 0.05) is 19.3 Å². The van der Waals surface area contributed by atoms with E-state index in [9.17, 15) is 10.1 Å². The zero-order valence-electron chi connectivity index (χ0n) is 7.84. The minimum atomic E-state index is -0.693. The molecule has 1 saturated heterocycles. The van der Waals surface area contributed by atoms with E-state index in [-0.39, 0.29) is 0 Å². The van der Waals surface area contributed by atoms with E-state index in [0.717, 1.165) is 5.75 Å². The second-order valence-corrected chi connectivity index (χ2v) is 3.70. The third-order valence-corrected chi connectivity index (χ3v) is 2.24. The summed E-state index contributed by atoms with van der Waals surface area (Å²) >= 11 is 1.64. The molecule has 0 amide bonds. The van der Waals surface area contributed by atoms with Gasteiger partial charge in [0.15, 0.2) is 5.03 Å². The number of thioether (sulfide) groups is 1. The molecule has 0 aromatic heterocycles. The van der Waals surface area contributed by atoms with Crippen LogP contribution in [-0.2, 0) is 0 Å². The largest absolute Gasteiger partial charge is 0.349 e. The third-order valence-electron chi connectivity index (χ3n) is 1.59. The molecule has 0 aromatic carbocycles. The van der Waals surface area contributed by atoms with Crippen molar-refractivity contribution in [3.63, 3.8) is 0 Å². The molecule has 1 aliphatic rings. The Hall–Kier alpha value is -1.24. The first-order valence-corrected chi connectivity index (χ1v) is 5.30. The van der Waals surface area contributed by atoms with Crippen molar-refractivity contribution in [3.8, 4) is 0 Å². The summed E-state index contributed by atoms with van der Waals surface area (Å²) in [5, 5.41) is 17.4. The minimum Gasteiger partial charge on any atom is -0.349 e. The van der Waals surface area contributed by atoms with Crippen LogP contribution in [0.25, 0.3) is 0 Å². The van der Waals surface area contributed by atoms with Crippen molar-refractivity contribution in [2.45, 2.75) is 6.92 Å². The third kappa shape index (κ3) is 3.25. The van der Waals surface area contributed by atoms with Gasteiger partial charge in [-0.25, -0.2) is 10.1 Å². The van der Waals surface area contributed by atoms with Crippen LogP contribution in [0.4, 0.5) is 0 Å². The molecule has 6 nitrogen and oxygen atoms in total. The zero-order chi connectivity index (χ0) is 10.4. The van der Waals surface area contributed by atoms with Gasteiger partial charge in [0.2, 0.25) is 0 Å². The summed E-state index contributed by atoms with van der Waals surface area (Å²) in [6.07, 6.45) is 1.80.